The van der Waals surface area contributed by atoms with Crippen molar-refractivity contribution < 1.29 is 14.3 Å². The van der Waals surface area contributed by atoms with Gasteiger partial charge in [-0.05, 0) is 49.8 Å². The number of hydrogen-bond acceptors (Lipinski definition) is 3. The molecule has 1 aliphatic carbocycles. The zero-order valence-electron chi connectivity index (χ0n) is 17.3. The van der Waals surface area contributed by atoms with Crippen molar-refractivity contribution >= 4 is 28.5 Å². The molecule has 0 aliphatic heterocycles. The highest BCUT2D eigenvalue weighted by molar-refractivity contribution is 6.11. The maximum absolute atomic E-state index is 13.3. The van der Waals surface area contributed by atoms with Gasteiger partial charge in [-0.1, -0.05) is 54.1 Å². The van der Waals surface area contributed by atoms with E-state index in [1.54, 1.807) is 0 Å². The van der Waals surface area contributed by atoms with E-state index in [0.29, 0.717) is 12.1 Å². The van der Waals surface area contributed by atoms with Crippen LogP contribution in [0.1, 0.15) is 34.5 Å². The standard InChI is InChI=1S/C25H26N2O3/c1-16-12-13-21-20(14-16)22(23(26-21)25(29)30-2)27-24(28)19-11-7-6-10-18(19)15-17-8-4-3-5-9-17/h3-9,12-14,18-19,26H,10-11,15H2,1-2H3,(H,27,28)/t18-,19-/m1/s1. The summed E-state index contributed by atoms with van der Waals surface area (Å²) < 4.78 is 4.93. The number of esters is 1. The van der Waals surface area contributed by atoms with Crippen LogP contribution < -0.4 is 5.32 Å². The molecule has 2 aromatic carbocycles. The lowest BCUT2D eigenvalue weighted by atomic mass is 9.78. The summed E-state index contributed by atoms with van der Waals surface area (Å²) in [5, 5.41) is 3.87. The van der Waals surface area contributed by atoms with Crippen LogP contribution >= 0.6 is 0 Å². The maximum atomic E-state index is 13.3. The first kappa shape index (κ1) is 20.0. The van der Waals surface area contributed by atoms with Gasteiger partial charge in [-0.15, -0.1) is 0 Å². The van der Waals surface area contributed by atoms with Crippen molar-refractivity contribution in [3.63, 3.8) is 0 Å². The molecule has 5 heteroatoms. The third-order valence-electron chi connectivity index (χ3n) is 5.83. The van der Waals surface area contributed by atoms with Crippen molar-refractivity contribution in [3.8, 4) is 0 Å². The fourth-order valence-corrected chi connectivity index (χ4v) is 4.24. The van der Waals surface area contributed by atoms with Gasteiger partial charge in [0.25, 0.3) is 0 Å². The molecule has 0 spiro atoms. The molecule has 2 atom stereocenters. The average molecular weight is 402 g/mol. The van der Waals surface area contributed by atoms with Crippen molar-refractivity contribution in [2.75, 3.05) is 12.4 Å². The monoisotopic (exact) mass is 402 g/mol. The first-order chi connectivity index (χ1) is 14.6. The molecule has 0 unspecified atom stereocenters. The van der Waals surface area contributed by atoms with Crippen LogP contribution in [0.4, 0.5) is 5.69 Å². The van der Waals surface area contributed by atoms with Gasteiger partial charge in [-0.25, -0.2) is 4.79 Å². The number of methoxy groups -OCH3 is 1. The molecule has 0 saturated carbocycles. The van der Waals surface area contributed by atoms with E-state index in [1.165, 1.54) is 12.7 Å². The van der Waals surface area contributed by atoms with Crippen LogP contribution in [-0.2, 0) is 16.0 Å². The molecule has 4 rings (SSSR count). The molecule has 1 heterocycles. The fourth-order valence-electron chi connectivity index (χ4n) is 4.24. The number of aromatic nitrogens is 1. The Morgan fingerprint density at radius 1 is 1.10 bits per heavy atom. The number of ether oxygens (including phenoxy) is 1. The summed E-state index contributed by atoms with van der Waals surface area (Å²) in [6.45, 7) is 1.98. The topological polar surface area (TPSA) is 71.2 Å². The number of aryl methyl sites for hydroxylation is 1. The summed E-state index contributed by atoms with van der Waals surface area (Å²) in [7, 11) is 1.34. The molecule has 30 heavy (non-hydrogen) atoms. The van der Waals surface area contributed by atoms with E-state index in [1.807, 2.05) is 43.3 Å². The molecule has 0 radical (unpaired) electrons. The first-order valence-electron chi connectivity index (χ1n) is 10.3. The first-order valence-corrected chi connectivity index (χ1v) is 10.3. The number of allylic oxidation sites excluding steroid dienone is 2. The minimum atomic E-state index is -0.497. The van der Waals surface area contributed by atoms with E-state index in [-0.39, 0.29) is 23.4 Å². The zero-order valence-corrected chi connectivity index (χ0v) is 17.3. The number of H-pyrrole nitrogens is 1. The average Bonchev–Trinajstić information content (AvgIpc) is 3.11. The molecule has 2 N–H and O–H groups in total. The third kappa shape index (κ3) is 4.01. The van der Waals surface area contributed by atoms with Gasteiger partial charge in [-0.2, -0.15) is 0 Å². The van der Waals surface area contributed by atoms with Gasteiger partial charge in [-0.3, -0.25) is 4.79 Å². The summed E-state index contributed by atoms with van der Waals surface area (Å²) in [6.07, 6.45) is 6.64. The lowest BCUT2D eigenvalue weighted by molar-refractivity contribution is -0.121. The van der Waals surface area contributed by atoms with Gasteiger partial charge in [0.2, 0.25) is 5.91 Å². The lowest BCUT2D eigenvalue weighted by Crippen LogP contribution is -2.32. The second kappa shape index (κ2) is 8.57. The number of carbonyl (C=O) groups is 2. The summed E-state index contributed by atoms with van der Waals surface area (Å²) >= 11 is 0. The minimum Gasteiger partial charge on any atom is -0.464 e. The highest BCUT2D eigenvalue weighted by Gasteiger charge is 2.31. The van der Waals surface area contributed by atoms with E-state index in [2.05, 4.69) is 34.6 Å². The number of amides is 1. The molecule has 1 aliphatic rings. The number of aromatic amines is 1. The molecule has 0 saturated heterocycles. The van der Waals surface area contributed by atoms with E-state index in [4.69, 9.17) is 4.74 Å². The van der Waals surface area contributed by atoms with Gasteiger partial charge >= 0.3 is 5.97 Å². The van der Waals surface area contributed by atoms with Crippen LogP contribution in [0.25, 0.3) is 10.9 Å². The van der Waals surface area contributed by atoms with Gasteiger partial charge in [0.1, 0.15) is 5.69 Å². The van der Waals surface area contributed by atoms with Crippen LogP contribution in [0.2, 0.25) is 0 Å². The van der Waals surface area contributed by atoms with E-state index >= 15 is 0 Å². The Morgan fingerprint density at radius 3 is 2.63 bits per heavy atom. The maximum Gasteiger partial charge on any atom is 0.356 e. The SMILES string of the molecule is COC(=O)c1[nH]c2ccc(C)cc2c1NC(=O)[C@@H]1CC=CC[C@@H]1Cc1ccccc1. The second-order valence-corrected chi connectivity index (χ2v) is 7.90. The van der Waals surface area contributed by atoms with Crippen molar-refractivity contribution in [1.82, 2.24) is 4.98 Å². The van der Waals surface area contributed by atoms with Crippen LogP contribution in [0, 0.1) is 18.8 Å². The van der Waals surface area contributed by atoms with Crippen LogP contribution in [0.15, 0.2) is 60.7 Å². The highest BCUT2D eigenvalue weighted by Crippen LogP contribution is 2.33. The molecule has 0 fully saturated rings. The van der Waals surface area contributed by atoms with Gasteiger partial charge in [0, 0.05) is 16.8 Å². The van der Waals surface area contributed by atoms with Gasteiger partial charge < -0.3 is 15.0 Å². The van der Waals surface area contributed by atoms with Crippen molar-refractivity contribution in [3.05, 3.63) is 77.5 Å². The molecular weight excluding hydrogens is 376 g/mol. The molecule has 3 aromatic rings. The molecule has 5 nitrogen and oxygen atoms in total. The van der Waals surface area contributed by atoms with Crippen molar-refractivity contribution in [2.24, 2.45) is 11.8 Å². The number of rotatable bonds is 5. The number of anilines is 1. The molecule has 1 amide bonds. The fraction of sp³-hybridized carbons (Fsp3) is 0.280. The van der Waals surface area contributed by atoms with Crippen molar-refractivity contribution in [2.45, 2.75) is 26.2 Å². The molecule has 0 bridgehead atoms. The predicted octanol–water partition coefficient (Wildman–Crippen LogP) is 5.03. The predicted molar refractivity (Wildman–Crippen MR) is 119 cm³/mol. The summed E-state index contributed by atoms with van der Waals surface area (Å²) in [6, 6.07) is 16.1. The molecular formula is C25H26N2O3. The Balaban J connectivity index is 1.63. The Labute approximate surface area is 176 Å². The van der Waals surface area contributed by atoms with Crippen LogP contribution in [-0.4, -0.2) is 24.0 Å². The van der Waals surface area contributed by atoms with E-state index < -0.39 is 5.97 Å². The van der Waals surface area contributed by atoms with Crippen LogP contribution in [0.3, 0.4) is 0 Å². The number of nitrogens with one attached hydrogen (secondary N) is 2. The number of fused-ring (bicyclic) bond motifs is 1. The Hall–Kier alpha value is -3.34. The zero-order chi connectivity index (χ0) is 21.1. The van der Waals surface area contributed by atoms with E-state index in [0.717, 1.165) is 29.3 Å². The largest absolute Gasteiger partial charge is 0.464 e. The number of hydrogen-bond donors (Lipinski definition) is 2. The number of carbonyl (C=O) groups excluding carboxylic acids is 2. The molecule has 154 valence electrons. The number of benzene rings is 2. The van der Waals surface area contributed by atoms with E-state index in [9.17, 15) is 9.59 Å². The van der Waals surface area contributed by atoms with Gasteiger partial charge in [0.15, 0.2) is 0 Å². The van der Waals surface area contributed by atoms with Gasteiger partial charge in [0.05, 0.1) is 12.8 Å². The smallest absolute Gasteiger partial charge is 0.356 e. The minimum absolute atomic E-state index is 0.0622. The van der Waals surface area contributed by atoms with Crippen molar-refractivity contribution in [1.29, 1.82) is 0 Å². The summed E-state index contributed by atoms with van der Waals surface area (Å²) in [5.41, 5.74) is 3.85. The second-order valence-electron chi connectivity index (χ2n) is 7.90. The summed E-state index contributed by atoms with van der Waals surface area (Å²) in [5.74, 6) is -0.502. The molecule has 1 aromatic heterocycles. The highest BCUT2D eigenvalue weighted by atomic mass is 16.5. The summed E-state index contributed by atoms with van der Waals surface area (Å²) in [4.78, 5) is 28.8. The quantitative estimate of drug-likeness (QED) is 0.465. The van der Waals surface area contributed by atoms with Crippen LogP contribution in [0.5, 0.6) is 0 Å². The Kier molecular flexibility index (Phi) is 5.70. The third-order valence-corrected chi connectivity index (χ3v) is 5.83. The Bertz CT molecular complexity index is 1100. The normalized spacial score (nSPS) is 18.3. The lowest BCUT2D eigenvalue weighted by Gasteiger charge is -2.28. The Morgan fingerprint density at radius 2 is 1.87 bits per heavy atom.